The standard InChI is InChI=1S/C27H25N3O6S2/c1-35-18-9-7-17(8-10-18)30-24(32)21-20(16-5-3-2-4-6-16)23-26(37-22(21)25(30)33)29(27(34)38-23)15-19(31)28-11-13-36-14-12-28/h2-10,20-22H,11-15H2,1H3/t20-,21-,22+/m0/s1. The van der Waals surface area contributed by atoms with Crippen molar-refractivity contribution in [3.8, 4) is 5.75 Å². The van der Waals surface area contributed by atoms with Crippen LogP contribution in [0.3, 0.4) is 0 Å². The summed E-state index contributed by atoms with van der Waals surface area (Å²) in [5.74, 6) is -1.32. The van der Waals surface area contributed by atoms with Gasteiger partial charge in [-0.25, -0.2) is 4.90 Å². The number of hydrogen-bond acceptors (Lipinski definition) is 8. The first kappa shape index (κ1) is 24.9. The van der Waals surface area contributed by atoms with Crippen LogP contribution in [0.2, 0.25) is 0 Å². The number of ether oxygens (including phenoxy) is 2. The molecule has 0 bridgehead atoms. The number of amides is 3. The number of nitrogens with zero attached hydrogens (tertiary/aromatic N) is 3. The zero-order valence-electron chi connectivity index (χ0n) is 20.6. The van der Waals surface area contributed by atoms with Crippen LogP contribution in [0.1, 0.15) is 16.4 Å². The number of methoxy groups -OCH3 is 1. The maximum atomic E-state index is 13.9. The fourth-order valence-electron chi connectivity index (χ4n) is 5.31. The van der Waals surface area contributed by atoms with Gasteiger partial charge >= 0.3 is 4.87 Å². The second-order valence-electron chi connectivity index (χ2n) is 9.28. The van der Waals surface area contributed by atoms with Crippen molar-refractivity contribution in [2.45, 2.75) is 22.7 Å². The first-order valence-corrected chi connectivity index (χ1v) is 14.0. The summed E-state index contributed by atoms with van der Waals surface area (Å²) in [6, 6.07) is 16.3. The molecule has 0 saturated carbocycles. The van der Waals surface area contributed by atoms with E-state index in [0.29, 0.717) is 42.8 Å². The van der Waals surface area contributed by atoms with Crippen LogP contribution < -0.4 is 14.5 Å². The first-order valence-electron chi connectivity index (χ1n) is 12.3. The Balaban J connectivity index is 1.41. The normalized spacial score (nSPS) is 22.8. The van der Waals surface area contributed by atoms with E-state index in [1.807, 2.05) is 30.3 Å². The molecule has 0 N–H and O–H groups in total. The van der Waals surface area contributed by atoms with E-state index in [4.69, 9.17) is 9.47 Å². The molecule has 3 aromatic rings. The van der Waals surface area contributed by atoms with E-state index >= 15 is 0 Å². The van der Waals surface area contributed by atoms with E-state index in [1.165, 1.54) is 21.2 Å². The molecule has 9 nitrogen and oxygen atoms in total. The molecule has 38 heavy (non-hydrogen) atoms. The lowest BCUT2D eigenvalue weighted by atomic mass is 9.83. The molecule has 11 heteroatoms. The van der Waals surface area contributed by atoms with Gasteiger partial charge in [0.2, 0.25) is 17.7 Å². The predicted molar refractivity (Wildman–Crippen MR) is 143 cm³/mol. The Bertz CT molecular complexity index is 1450. The smallest absolute Gasteiger partial charge is 0.308 e. The molecular formula is C27H25N3O6S2. The summed E-state index contributed by atoms with van der Waals surface area (Å²) >= 11 is 2.28. The molecule has 0 aliphatic carbocycles. The van der Waals surface area contributed by atoms with Gasteiger partial charge in [-0.3, -0.25) is 23.7 Å². The lowest BCUT2D eigenvalue weighted by Gasteiger charge is -2.31. The Labute approximate surface area is 226 Å². The molecule has 2 aromatic carbocycles. The zero-order valence-corrected chi connectivity index (χ0v) is 22.2. The van der Waals surface area contributed by atoms with Gasteiger partial charge in [0.25, 0.3) is 0 Å². The first-order chi connectivity index (χ1) is 18.5. The lowest BCUT2D eigenvalue weighted by molar-refractivity contribution is -0.136. The van der Waals surface area contributed by atoms with E-state index in [1.54, 1.807) is 36.3 Å². The van der Waals surface area contributed by atoms with Gasteiger partial charge in [0.05, 0.1) is 37.0 Å². The van der Waals surface area contributed by atoms with E-state index in [9.17, 15) is 19.2 Å². The van der Waals surface area contributed by atoms with E-state index in [0.717, 1.165) is 21.8 Å². The minimum absolute atomic E-state index is 0.110. The summed E-state index contributed by atoms with van der Waals surface area (Å²) in [5, 5.41) is -0.129. The van der Waals surface area contributed by atoms with Gasteiger partial charge in [-0.05, 0) is 29.8 Å². The number of thioether (sulfide) groups is 1. The van der Waals surface area contributed by atoms with Crippen LogP contribution in [0, 0.1) is 5.92 Å². The molecule has 2 fully saturated rings. The molecule has 4 heterocycles. The number of imide groups is 1. The number of carbonyl (C=O) groups excluding carboxylic acids is 3. The highest BCUT2D eigenvalue weighted by molar-refractivity contribution is 8.00. The Morgan fingerprint density at radius 2 is 1.71 bits per heavy atom. The van der Waals surface area contributed by atoms with Crippen molar-refractivity contribution in [1.82, 2.24) is 9.47 Å². The molecule has 196 valence electrons. The number of morpholine rings is 1. The maximum absolute atomic E-state index is 13.9. The average molecular weight is 552 g/mol. The van der Waals surface area contributed by atoms with Crippen molar-refractivity contribution < 1.29 is 23.9 Å². The highest BCUT2D eigenvalue weighted by atomic mass is 32.2. The number of fused-ring (bicyclic) bond motifs is 2. The summed E-state index contributed by atoms with van der Waals surface area (Å²) in [5.41, 5.74) is 1.33. The Kier molecular flexibility index (Phi) is 6.58. The molecule has 0 spiro atoms. The van der Waals surface area contributed by atoms with Crippen molar-refractivity contribution in [3.05, 3.63) is 74.7 Å². The molecule has 2 saturated heterocycles. The van der Waals surface area contributed by atoms with Crippen molar-refractivity contribution in [2.75, 3.05) is 38.3 Å². The SMILES string of the molecule is COc1ccc(N2C(=O)[C@H]3[C@H](c4ccccc4)c4sc(=O)n(CC(=O)N5CCOCC5)c4S[C@H]3C2=O)cc1. The summed E-state index contributed by atoms with van der Waals surface area (Å²) in [4.78, 5) is 57.3. The molecule has 3 amide bonds. The van der Waals surface area contributed by atoms with Crippen LogP contribution in [0.5, 0.6) is 5.75 Å². The highest BCUT2D eigenvalue weighted by Gasteiger charge is 2.56. The number of rotatable bonds is 5. The van der Waals surface area contributed by atoms with Crippen molar-refractivity contribution in [3.63, 3.8) is 0 Å². The third kappa shape index (κ3) is 4.14. The number of carbonyl (C=O) groups is 3. The Hall–Kier alpha value is -3.41. The van der Waals surface area contributed by atoms with Crippen LogP contribution in [-0.2, 0) is 25.7 Å². The number of anilines is 1. The Morgan fingerprint density at radius 1 is 1.00 bits per heavy atom. The van der Waals surface area contributed by atoms with Crippen LogP contribution >= 0.6 is 23.1 Å². The molecule has 3 aliphatic rings. The number of hydrogen-bond donors (Lipinski definition) is 0. The van der Waals surface area contributed by atoms with Crippen molar-refractivity contribution in [1.29, 1.82) is 0 Å². The van der Waals surface area contributed by atoms with Crippen LogP contribution in [0.25, 0.3) is 0 Å². The molecule has 6 rings (SSSR count). The number of benzene rings is 2. The average Bonchev–Trinajstić information content (AvgIpc) is 3.40. The van der Waals surface area contributed by atoms with Crippen molar-refractivity contribution >= 4 is 46.5 Å². The summed E-state index contributed by atoms with van der Waals surface area (Å²) < 4.78 is 12.0. The predicted octanol–water partition coefficient (Wildman–Crippen LogP) is 2.57. The third-order valence-corrected chi connectivity index (χ3v) is 9.80. The molecular weight excluding hydrogens is 526 g/mol. The number of aromatic nitrogens is 1. The fourth-order valence-corrected chi connectivity index (χ4v) is 8.08. The topological polar surface area (TPSA) is 98.2 Å². The van der Waals surface area contributed by atoms with Gasteiger partial charge in [0.15, 0.2) is 0 Å². The summed E-state index contributed by atoms with van der Waals surface area (Å²) in [7, 11) is 1.55. The highest BCUT2D eigenvalue weighted by Crippen LogP contribution is 2.53. The van der Waals surface area contributed by atoms with Gasteiger partial charge in [-0.2, -0.15) is 0 Å². The third-order valence-electron chi connectivity index (χ3n) is 7.20. The molecule has 1 aromatic heterocycles. The quantitative estimate of drug-likeness (QED) is 0.450. The minimum Gasteiger partial charge on any atom is -0.497 e. The largest absolute Gasteiger partial charge is 0.497 e. The van der Waals surface area contributed by atoms with Crippen LogP contribution in [-0.4, -0.2) is 65.9 Å². The monoisotopic (exact) mass is 551 g/mol. The van der Waals surface area contributed by atoms with Crippen LogP contribution in [0.4, 0.5) is 5.69 Å². The zero-order chi connectivity index (χ0) is 26.4. The summed E-state index contributed by atoms with van der Waals surface area (Å²) in [6.45, 7) is 1.78. The number of thiazole rings is 1. The Morgan fingerprint density at radius 3 is 2.39 bits per heavy atom. The second-order valence-corrected chi connectivity index (χ2v) is 11.4. The van der Waals surface area contributed by atoms with E-state index in [-0.39, 0.29) is 29.1 Å². The van der Waals surface area contributed by atoms with Crippen molar-refractivity contribution in [2.24, 2.45) is 5.92 Å². The molecule has 0 unspecified atom stereocenters. The van der Waals surface area contributed by atoms with Gasteiger partial charge in [-0.1, -0.05) is 53.4 Å². The minimum atomic E-state index is -0.721. The summed E-state index contributed by atoms with van der Waals surface area (Å²) in [6.07, 6.45) is 0. The van der Waals surface area contributed by atoms with Gasteiger partial charge < -0.3 is 14.4 Å². The van der Waals surface area contributed by atoms with E-state index in [2.05, 4.69) is 0 Å². The van der Waals surface area contributed by atoms with Gasteiger partial charge in [0, 0.05) is 23.9 Å². The van der Waals surface area contributed by atoms with Crippen LogP contribution in [0.15, 0.2) is 64.4 Å². The maximum Gasteiger partial charge on any atom is 0.308 e. The molecule has 0 radical (unpaired) electrons. The fraction of sp³-hybridized carbons (Fsp3) is 0.333. The second kappa shape index (κ2) is 10.0. The van der Waals surface area contributed by atoms with Gasteiger partial charge in [0.1, 0.15) is 17.5 Å². The molecule has 3 aliphatic heterocycles. The molecule has 3 atom stereocenters. The van der Waals surface area contributed by atoms with Gasteiger partial charge in [-0.15, -0.1) is 0 Å². The lowest BCUT2D eigenvalue weighted by Crippen LogP contribution is -2.43. The van der Waals surface area contributed by atoms with E-state index < -0.39 is 17.1 Å².